The second-order valence-corrected chi connectivity index (χ2v) is 7.02. The van der Waals surface area contributed by atoms with Crippen molar-refractivity contribution in [1.29, 1.82) is 0 Å². The highest BCUT2D eigenvalue weighted by Crippen LogP contribution is 2.32. The fourth-order valence-corrected chi connectivity index (χ4v) is 3.59. The zero-order chi connectivity index (χ0) is 19.1. The molecular weight excluding hydrogens is 356 g/mol. The van der Waals surface area contributed by atoms with Gasteiger partial charge in [-0.05, 0) is 44.1 Å². The van der Waals surface area contributed by atoms with Gasteiger partial charge < -0.3 is 20.6 Å². The number of nitrogens with one attached hydrogen (secondary N) is 1. The van der Waals surface area contributed by atoms with Crippen LogP contribution in [-0.4, -0.2) is 37.9 Å². The van der Waals surface area contributed by atoms with E-state index in [0.717, 1.165) is 37.1 Å². The van der Waals surface area contributed by atoms with Crippen molar-refractivity contribution in [1.82, 2.24) is 25.1 Å². The molecule has 1 aromatic carbocycles. The van der Waals surface area contributed by atoms with Crippen LogP contribution in [-0.2, 0) is 0 Å². The molecule has 3 aromatic heterocycles. The summed E-state index contributed by atoms with van der Waals surface area (Å²) in [5.41, 5.74) is 9.72. The first kappa shape index (κ1) is 16.8. The molecule has 8 nitrogen and oxygen atoms in total. The van der Waals surface area contributed by atoms with Crippen molar-refractivity contribution < 1.29 is 9.52 Å². The number of benzene rings is 1. The maximum atomic E-state index is 9.64. The molecule has 4 N–H and O–H groups in total. The summed E-state index contributed by atoms with van der Waals surface area (Å²) in [6.07, 6.45) is 7.78. The Bertz CT molecular complexity index is 1140. The summed E-state index contributed by atoms with van der Waals surface area (Å²) < 4.78 is 7.85. The molecule has 28 heavy (non-hydrogen) atoms. The minimum absolute atomic E-state index is 0.137. The van der Waals surface area contributed by atoms with Crippen LogP contribution >= 0.6 is 0 Å². The largest absolute Gasteiger partial charge is 0.508 e. The van der Waals surface area contributed by atoms with Crippen molar-refractivity contribution in [2.24, 2.45) is 0 Å². The monoisotopic (exact) mass is 376 g/mol. The van der Waals surface area contributed by atoms with E-state index < -0.39 is 0 Å². The van der Waals surface area contributed by atoms with E-state index in [0.29, 0.717) is 34.4 Å². The molecule has 0 atom stereocenters. The number of hydrogen-bond donors (Lipinski definition) is 3. The first-order valence-electron chi connectivity index (χ1n) is 9.28. The Kier molecular flexibility index (Phi) is 3.98. The lowest BCUT2D eigenvalue weighted by atomic mass is 10.1. The quantitative estimate of drug-likeness (QED) is 0.503. The number of oxazole rings is 1. The molecule has 0 saturated carbocycles. The van der Waals surface area contributed by atoms with Gasteiger partial charge in [-0.3, -0.25) is 4.68 Å². The number of nitrogen functional groups attached to an aromatic ring is 1. The highest BCUT2D eigenvalue weighted by atomic mass is 16.3. The Morgan fingerprint density at radius 1 is 1.14 bits per heavy atom. The molecule has 5 rings (SSSR count). The van der Waals surface area contributed by atoms with Gasteiger partial charge in [0.15, 0.2) is 5.58 Å². The van der Waals surface area contributed by atoms with Gasteiger partial charge in [-0.15, -0.1) is 0 Å². The number of rotatable bonds is 3. The van der Waals surface area contributed by atoms with Crippen molar-refractivity contribution in [2.45, 2.75) is 18.9 Å². The van der Waals surface area contributed by atoms with E-state index in [2.05, 4.69) is 26.6 Å². The van der Waals surface area contributed by atoms with Crippen LogP contribution in [0.4, 0.5) is 5.82 Å². The number of phenols is 1. The molecule has 0 unspecified atom stereocenters. The fraction of sp³-hybridized carbons (Fsp3) is 0.250. The third kappa shape index (κ3) is 2.97. The molecule has 0 spiro atoms. The molecule has 1 fully saturated rings. The maximum absolute atomic E-state index is 9.64. The highest BCUT2D eigenvalue weighted by molar-refractivity contribution is 5.81. The normalized spacial score (nSPS) is 15.3. The number of phenolic OH excluding ortho intramolecular Hbond substituents is 1. The molecule has 1 aliphatic rings. The first-order chi connectivity index (χ1) is 13.7. The second kappa shape index (κ2) is 6.65. The van der Waals surface area contributed by atoms with E-state index >= 15 is 0 Å². The Morgan fingerprint density at radius 2 is 2.00 bits per heavy atom. The van der Waals surface area contributed by atoms with Crippen LogP contribution in [0.15, 0.2) is 47.3 Å². The molecular formula is C20H20N6O2. The lowest BCUT2D eigenvalue weighted by molar-refractivity contribution is 0.343. The van der Waals surface area contributed by atoms with Gasteiger partial charge in [0.2, 0.25) is 5.89 Å². The number of fused-ring (bicyclic) bond motifs is 1. The van der Waals surface area contributed by atoms with Crippen molar-refractivity contribution in [3.8, 4) is 28.3 Å². The van der Waals surface area contributed by atoms with Gasteiger partial charge in [0.05, 0.1) is 17.8 Å². The van der Waals surface area contributed by atoms with Crippen LogP contribution in [0.25, 0.3) is 33.7 Å². The average molecular weight is 376 g/mol. The topological polar surface area (TPSA) is 115 Å². The van der Waals surface area contributed by atoms with E-state index in [1.165, 1.54) is 0 Å². The van der Waals surface area contributed by atoms with Gasteiger partial charge in [0.25, 0.3) is 0 Å². The molecule has 1 saturated heterocycles. The van der Waals surface area contributed by atoms with Crippen LogP contribution in [0.1, 0.15) is 18.9 Å². The number of aromatic nitrogens is 4. The van der Waals surface area contributed by atoms with Crippen LogP contribution in [0.3, 0.4) is 0 Å². The van der Waals surface area contributed by atoms with Gasteiger partial charge in [-0.25, -0.2) is 9.97 Å². The Hall–Kier alpha value is -3.39. The molecule has 4 heterocycles. The highest BCUT2D eigenvalue weighted by Gasteiger charge is 2.18. The number of nitrogens with two attached hydrogens (primary N) is 1. The van der Waals surface area contributed by atoms with E-state index in [-0.39, 0.29) is 5.75 Å². The second-order valence-electron chi connectivity index (χ2n) is 7.02. The number of aromatic hydroxyl groups is 1. The van der Waals surface area contributed by atoms with Gasteiger partial charge in [-0.2, -0.15) is 5.10 Å². The molecule has 8 heteroatoms. The van der Waals surface area contributed by atoms with Gasteiger partial charge in [0.1, 0.15) is 17.1 Å². The maximum Gasteiger partial charge on any atom is 0.231 e. The van der Waals surface area contributed by atoms with E-state index in [1.54, 1.807) is 24.4 Å². The predicted octanol–water partition coefficient (Wildman–Crippen LogP) is 2.97. The third-order valence-corrected chi connectivity index (χ3v) is 5.14. The van der Waals surface area contributed by atoms with Crippen molar-refractivity contribution in [3.05, 3.63) is 42.9 Å². The SMILES string of the molecule is Nc1ncc(-c2cnn(C3CCNCC3)c2)cc1-c1nc2cc(O)ccc2o1. The van der Waals surface area contributed by atoms with E-state index in [1.807, 2.05) is 16.9 Å². The molecule has 0 radical (unpaired) electrons. The first-order valence-corrected chi connectivity index (χ1v) is 9.28. The minimum atomic E-state index is 0.137. The molecule has 4 aromatic rings. The van der Waals surface area contributed by atoms with Crippen molar-refractivity contribution in [2.75, 3.05) is 18.8 Å². The number of pyridine rings is 1. The van der Waals surface area contributed by atoms with Gasteiger partial charge >= 0.3 is 0 Å². The zero-order valence-electron chi connectivity index (χ0n) is 15.2. The average Bonchev–Trinajstić information content (AvgIpc) is 3.36. The lowest BCUT2D eigenvalue weighted by Crippen LogP contribution is -2.29. The molecule has 1 aliphatic heterocycles. The van der Waals surface area contributed by atoms with Crippen LogP contribution in [0, 0.1) is 0 Å². The number of anilines is 1. The Labute approximate surface area is 161 Å². The van der Waals surface area contributed by atoms with Crippen molar-refractivity contribution in [3.63, 3.8) is 0 Å². The number of hydrogen-bond acceptors (Lipinski definition) is 7. The summed E-state index contributed by atoms with van der Waals surface area (Å²) in [7, 11) is 0. The Balaban J connectivity index is 1.51. The summed E-state index contributed by atoms with van der Waals surface area (Å²) >= 11 is 0. The van der Waals surface area contributed by atoms with Crippen LogP contribution in [0.5, 0.6) is 5.75 Å². The smallest absolute Gasteiger partial charge is 0.231 e. The summed E-state index contributed by atoms with van der Waals surface area (Å²) in [5.74, 6) is 0.848. The molecule has 0 aliphatic carbocycles. The van der Waals surface area contributed by atoms with Gasteiger partial charge in [-0.1, -0.05) is 0 Å². The molecule has 0 bridgehead atoms. The van der Waals surface area contributed by atoms with Gasteiger partial charge in [0, 0.05) is 29.6 Å². The number of piperidine rings is 1. The van der Waals surface area contributed by atoms with Crippen molar-refractivity contribution >= 4 is 16.9 Å². The lowest BCUT2D eigenvalue weighted by Gasteiger charge is -2.22. The summed E-state index contributed by atoms with van der Waals surface area (Å²) in [4.78, 5) is 8.77. The summed E-state index contributed by atoms with van der Waals surface area (Å²) in [6.45, 7) is 2.03. The minimum Gasteiger partial charge on any atom is -0.508 e. The van der Waals surface area contributed by atoms with E-state index in [9.17, 15) is 5.11 Å². The van der Waals surface area contributed by atoms with Crippen LogP contribution < -0.4 is 11.1 Å². The molecule has 0 amide bonds. The third-order valence-electron chi connectivity index (χ3n) is 5.14. The zero-order valence-corrected chi connectivity index (χ0v) is 15.2. The van der Waals surface area contributed by atoms with E-state index in [4.69, 9.17) is 10.2 Å². The number of nitrogens with zero attached hydrogens (tertiary/aromatic N) is 4. The molecule has 142 valence electrons. The predicted molar refractivity (Wildman–Crippen MR) is 106 cm³/mol. The fourth-order valence-electron chi connectivity index (χ4n) is 3.59. The summed E-state index contributed by atoms with van der Waals surface area (Å²) in [6, 6.07) is 7.12. The van der Waals surface area contributed by atoms with Crippen LogP contribution in [0.2, 0.25) is 0 Å². The summed E-state index contributed by atoms with van der Waals surface area (Å²) in [5, 5.41) is 17.6. The standard InChI is InChI=1S/C20H20N6O2/c21-19-16(20-25-17-8-15(27)1-2-18(17)28-20)7-12(9-23-19)13-10-24-26(11-13)14-3-5-22-6-4-14/h1-2,7-11,14,22,27H,3-6H2,(H2,21,23). The Morgan fingerprint density at radius 3 is 2.86 bits per heavy atom.